The molecule has 1 saturated heterocycles. The lowest BCUT2D eigenvalue weighted by Gasteiger charge is -2.12. The van der Waals surface area contributed by atoms with Gasteiger partial charge in [0.15, 0.2) is 0 Å². The number of imide groups is 1. The maximum absolute atomic E-state index is 13.1. The Balaban J connectivity index is 1.46. The van der Waals surface area contributed by atoms with Crippen LogP contribution in [-0.2, 0) is 17.9 Å². The van der Waals surface area contributed by atoms with Gasteiger partial charge in [0.2, 0.25) is 0 Å². The average Bonchev–Trinajstić information content (AvgIpc) is 3.33. The zero-order valence-corrected chi connectivity index (χ0v) is 19.8. The van der Waals surface area contributed by atoms with Gasteiger partial charge in [-0.05, 0) is 41.6 Å². The Hall–Kier alpha value is -3.88. The third-order valence-electron chi connectivity index (χ3n) is 5.76. The van der Waals surface area contributed by atoms with E-state index in [0.29, 0.717) is 17.1 Å². The van der Waals surface area contributed by atoms with Gasteiger partial charge in [-0.2, -0.15) is 0 Å². The predicted octanol–water partition coefficient (Wildman–Crippen LogP) is 6.49. The third-order valence-corrected chi connectivity index (χ3v) is 6.92. The third kappa shape index (κ3) is 4.58. The lowest BCUT2D eigenvalue weighted by molar-refractivity contribution is -0.385. The molecule has 1 aliphatic rings. The van der Waals surface area contributed by atoms with Crippen molar-refractivity contribution in [3.05, 3.63) is 116 Å². The van der Waals surface area contributed by atoms with Gasteiger partial charge in [-0.25, -0.2) is 0 Å². The number of carbonyl (C=O) groups is 2. The molecule has 0 saturated carbocycles. The molecule has 0 N–H and O–H groups in total. The number of thioether (sulfide) groups is 1. The predicted molar refractivity (Wildman–Crippen MR) is 137 cm³/mol. The molecule has 2 heterocycles. The molecule has 5 rings (SSSR count). The number of benzene rings is 3. The normalized spacial score (nSPS) is 14.9. The van der Waals surface area contributed by atoms with Crippen LogP contribution in [0.3, 0.4) is 0 Å². The van der Waals surface area contributed by atoms with Crippen molar-refractivity contribution in [1.29, 1.82) is 0 Å². The van der Waals surface area contributed by atoms with Crippen LogP contribution < -0.4 is 0 Å². The van der Waals surface area contributed by atoms with Crippen LogP contribution in [-0.4, -0.2) is 25.5 Å². The summed E-state index contributed by atoms with van der Waals surface area (Å²) in [5.74, 6) is -0.465. The quantitative estimate of drug-likeness (QED) is 0.170. The highest BCUT2D eigenvalue weighted by atomic mass is 35.5. The second kappa shape index (κ2) is 9.40. The molecule has 0 atom stereocenters. The molecule has 1 aliphatic heterocycles. The molecule has 3 aromatic carbocycles. The number of aromatic nitrogens is 1. The van der Waals surface area contributed by atoms with E-state index < -0.39 is 16.1 Å². The van der Waals surface area contributed by atoms with Crippen LogP contribution in [0.1, 0.15) is 16.7 Å². The SMILES string of the molecule is O=C1S/C(=C\c2cn(Cc3ccc(Cl)cc3)c3ccccc23)C(=O)N1Cc1ccccc1[N+](=O)[O-]. The number of nitro groups is 1. The Morgan fingerprint density at radius 3 is 2.43 bits per heavy atom. The van der Waals surface area contributed by atoms with Crippen molar-refractivity contribution in [2.75, 3.05) is 0 Å². The van der Waals surface area contributed by atoms with Crippen molar-refractivity contribution in [1.82, 2.24) is 9.47 Å². The average molecular weight is 504 g/mol. The molecule has 174 valence electrons. The van der Waals surface area contributed by atoms with Crippen LogP contribution in [0.2, 0.25) is 5.02 Å². The summed E-state index contributed by atoms with van der Waals surface area (Å²) in [6.45, 7) is 0.460. The minimum atomic E-state index is -0.514. The first-order valence-electron chi connectivity index (χ1n) is 10.7. The molecule has 0 unspecified atom stereocenters. The van der Waals surface area contributed by atoms with Crippen LogP contribution in [0.15, 0.2) is 83.9 Å². The van der Waals surface area contributed by atoms with Crippen LogP contribution in [0, 0.1) is 10.1 Å². The van der Waals surface area contributed by atoms with E-state index in [1.54, 1.807) is 24.3 Å². The first-order valence-corrected chi connectivity index (χ1v) is 11.9. The molecular formula is C26H18ClN3O4S. The van der Waals surface area contributed by atoms with Gasteiger partial charge in [0.25, 0.3) is 16.8 Å². The van der Waals surface area contributed by atoms with Crippen molar-refractivity contribution in [2.45, 2.75) is 13.1 Å². The van der Waals surface area contributed by atoms with Gasteiger partial charge in [-0.3, -0.25) is 24.6 Å². The fraction of sp³-hybridized carbons (Fsp3) is 0.0769. The van der Waals surface area contributed by atoms with E-state index in [1.807, 2.05) is 54.7 Å². The van der Waals surface area contributed by atoms with E-state index in [1.165, 1.54) is 6.07 Å². The molecule has 7 nitrogen and oxygen atoms in total. The molecule has 1 aromatic heterocycles. The minimum Gasteiger partial charge on any atom is -0.342 e. The van der Waals surface area contributed by atoms with E-state index in [4.69, 9.17) is 11.6 Å². The summed E-state index contributed by atoms with van der Waals surface area (Å²) in [4.78, 5) is 37.9. The molecule has 0 bridgehead atoms. The lowest BCUT2D eigenvalue weighted by atomic mass is 10.1. The second-order valence-corrected chi connectivity index (χ2v) is 9.44. The van der Waals surface area contributed by atoms with Crippen LogP contribution in [0.25, 0.3) is 17.0 Å². The summed E-state index contributed by atoms with van der Waals surface area (Å²) >= 11 is 6.85. The summed E-state index contributed by atoms with van der Waals surface area (Å²) in [7, 11) is 0. The van der Waals surface area contributed by atoms with Crippen molar-refractivity contribution < 1.29 is 14.5 Å². The Morgan fingerprint density at radius 1 is 0.943 bits per heavy atom. The van der Waals surface area contributed by atoms with Crippen molar-refractivity contribution in [3.8, 4) is 0 Å². The van der Waals surface area contributed by atoms with E-state index in [0.717, 1.165) is 38.7 Å². The highest BCUT2D eigenvalue weighted by Gasteiger charge is 2.36. The standard InChI is InChI=1S/C26H18ClN3O4S/c27-20-11-9-17(10-12-20)14-28-15-19(21-6-2-4-8-23(21)28)13-24-25(31)29(26(32)35-24)16-18-5-1-3-7-22(18)30(33)34/h1-13,15H,14,16H2/b24-13-. The minimum absolute atomic E-state index is 0.124. The summed E-state index contributed by atoms with van der Waals surface area (Å²) in [6.07, 6.45) is 3.67. The number of para-hydroxylation sites is 2. The Bertz CT molecular complexity index is 1510. The number of halogens is 1. The number of nitrogens with zero attached hydrogens (tertiary/aromatic N) is 3. The molecule has 35 heavy (non-hydrogen) atoms. The van der Waals surface area contributed by atoms with Gasteiger partial charge in [0.1, 0.15) is 0 Å². The van der Waals surface area contributed by atoms with Crippen molar-refractivity contribution >= 4 is 57.2 Å². The van der Waals surface area contributed by atoms with Gasteiger partial charge in [0, 0.05) is 45.9 Å². The Morgan fingerprint density at radius 2 is 1.66 bits per heavy atom. The summed E-state index contributed by atoms with van der Waals surface area (Å²) in [5, 5.41) is 12.5. The Labute approximate surface area is 209 Å². The van der Waals surface area contributed by atoms with E-state index >= 15 is 0 Å². The first kappa shape index (κ1) is 22.9. The van der Waals surface area contributed by atoms with E-state index in [2.05, 4.69) is 4.57 Å². The molecule has 0 spiro atoms. The van der Waals surface area contributed by atoms with E-state index in [-0.39, 0.29) is 17.1 Å². The number of hydrogen-bond acceptors (Lipinski definition) is 5. The largest absolute Gasteiger partial charge is 0.342 e. The number of carbonyl (C=O) groups excluding carboxylic acids is 2. The van der Waals surface area contributed by atoms with E-state index in [9.17, 15) is 19.7 Å². The molecule has 9 heteroatoms. The fourth-order valence-corrected chi connectivity index (χ4v) is 5.03. The van der Waals surface area contributed by atoms with Gasteiger partial charge < -0.3 is 4.57 Å². The number of hydrogen-bond donors (Lipinski definition) is 0. The van der Waals surface area contributed by atoms with Gasteiger partial charge in [-0.15, -0.1) is 0 Å². The highest BCUT2D eigenvalue weighted by Crippen LogP contribution is 2.36. The zero-order valence-electron chi connectivity index (χ0n) is 18.3. The van der Waals surface area contributed by atoms with Crippen LogP contribution in [0.5, 0.6) is 0 Å². The smallest absolute Gasteiger partial charge is 0.293 e. The summed E-state index contributed by atoms with van der Waals surface area (Å²) in [6, 6.07) is 21.6. The highest BCUT2D eigenvalue weighted by molar-refractivity contribution is 8.18. The zero-order chi connectivity index (χ0) is 24.5. The van der Waals surface area contributed by atoms with Crippen molar-refractivity contribution in [3.63, 3.8) is 0 Å². The first-order chi connectivity index (χ1) is 16.9. The molecule has 0 radical (unpaired) electrons. The lowest BCUT2D eigenvalue weighted by Crippen LogP contribution is -2.27. The topological polar surface area (TPSA) is 85.5 Å². The second-order valence-electron chi connectivity index (χ2n) is 8.01. The maximum atomic E-state index is 13.1. The molecule has 0 aliphatic carbocycles. The molecule has 2 amide bonds. The van der Waals surface area contributed by atoms with Gasteiger partial charge >= 0.3 is 0 Å². The molecular weight excluding hydrogens is 486 g/mol. The van der Waals surface area contributed by atoms with Crippen LogP contribution >= 0.6 is 23.4 Å². The summed E-state index contributed by atoms with van der Waals surface area (Å²) in [5.41, 5.74) is 3.06. The monoisotopic (exact) mass is 503 g/mol. The number of nitro benzene ring substituents is 1. The van der Waals surface area contributed by atoms with Gasteiger partial charge in [-0.1, -0.05) is 60.1 Å². The van der Waals surface area contributed by atoms with Crippen LogP contribution in [0.4, 0.5) is 10.5 Å². The summed E-state index contributed by atoms with van der Waals surface area (Å²) < 4.78 is 2.09. The van der Waals surface area contributed by atoms with Crippen molar-refractivity contribution in [2.24, 2.45) is 0 Å². The number of amides is 2. The fourth-order valence-electron chi connectivity index (χ4n) is 4.08. The number of fused-ring (bicyclic) bond motifs is 1. The Kier molecular flexibility index (Phi) is 6.15. The molecule has 1 fully saturated rings. The molecule has 4 aromatic rings. The van der Waals surface area contributed by atoms with Gasteiger partial charge in [0.05, 0.1) is 16.4 Å². The number of rotatable bonds is 6. The maximum Gasteiger partial charge on any atom is 0.293 e.